The number of hydrogen-bond acceptors (Lipinski definition) is 2. The molecule has 0 radical (unpaired) electrons. The van der Waals surface area contributed by atoms with Gasteiger partial charge in [-0.2, -0.15) is 5.10 Å². The Morgan fingerprint density at radius 1 is 0.900 bits per heavy atom. The molecule has 3 aromatic rings. The predicted molar refractivity (Wildman–Crippen MR) is 80.5 cm³/mol. The normalized spacial score (nSPS) is 10.7. The third-order valence-electron chi connectivity index (χ3n) is 3.39. The molecule has 0 aliphatic heterocycles. The minimum Gasteiger partial charge on any atom is -0.241 e. The molecule has 100 valence electrons. The fourth-order valence-electron chi connectivity index (χ4n) is 2.32. The molecule has 0 aliphatic carbocycles. The number of nitrogens with zero attached hydrogens (tertiary/aromatic N) is 3. The second-order valence-corrected chi connectivity index (χ2v) is 4.93. The Morgan fingerprint density at radius 3 is 2.35 bits per heavy atom. The van der Waals surface area contributed by atoms with Crippen LogP contribution in [0.25, 0.3) is 11.4 Å². The van der Waals surface area contributed by atoms with Crippen LogP contribution in [0.3, 0.4) is 0 Å². The van der Waals surface area contributed by atoms with Gasteiger partial charge in [0.25, 0.3) is 0 Å². The van der Waals surface area contributed by atoms with Crippen LogP contribution in [0.1, 0.15) is 17.0 Å². The van der Waals surface area contributed by atoms with E-state index in [9.17, 15) is 0 Å². The summed E-state index contributed by atoms with van der Waals surface area (Å²) < 4.78 is 1.98. The predicted octanol–water partition coefficient (Wildman–Crippen LogP) is 3.61. The van der Waals surface area contributed by atoms with Gasteiger partial charge in [0, 0.05) is 5.56 Å². The van der Waals surface area contributed by atoms with E-state index >= 15 is 0 Å². The van der Waals surface area contributed by atoms with Crippen molar-refractivity contribution in [1.82, 2.24) is 14.8 Å². The Labute approximate surface area is 118 Å². The molecular weight excluding hydrogens is 246 g/mol. The molecule has 0 amide bonds. The maximum atomic E-state index is 4.56. The highest BCUT2D eigenvalue weighted by atomic mass is 15.3. The van der Waals surface area contributed by atoms with E-state index in [1.54, 1.807) is 0 Å². The van der Waals surface area contributed by atoms with Gasteiger partial charge in [-0.15, -0.1) is 0 Å². The summed E-state index contributed by atoms with van der Waals surface area (Å²) in [5, 5.41) is 4.53. The molecule has 1 aromatic heterocycles. The van der Waals surface area contributed by atoms with E-state index in [2.05, 4.69) is 53.4 Å². The molecule has 3 heteroatoms. The van der Waals surface area contributed by atoms with Crippen molar-refractivity contribution in [2.24, 2.45) is 0 Å². The second kappa shape index (κ2) is 5.29. The summed E-state index contributed by atoms with van der Waals surface area (Å²) in [4.78, 5) is 4.56. The van der Waals surface area contributed by atoms with Crippen molar-refractivity contribution in [3.05, 3.63) is 71.5 Å². The Morgan fingerprint density at radius 2 is 1.60 bits per heavy atom. The summed E-state index contributed by atoms with van der Waals surface area (Å²) in [7, 11) is 0. The van der Waals surface area contributed by atoms with Crippen LogP contribution >= 0.6 is 0 Å². The number of aromatic nitrogens is 3. The number of rotatable bonds is 3. The fourth-order valence-corrected chi connectivity index (χ4v) is 2.32. The first-order valence-electron chi connectivity index (χ1n) is 6.75. The summed E-state index contributed by atoms with van der Waals surface area (Å²) in [6, 6.07) is 18.6. The highest BCUT2D eigenvalue weighted by Crippen LogP contribution is 2.19. The van der Waals surface area contributed by atoms with Gasteiger partial charge in [-0.25, -0.2) is 9.67 Å². The Balaban J connectivity index is 2.01. The minimum absolute atomic E-state index is 0.748. The van der Waals surface area contributed by atoms with E-state index in [1.165, 1.54) is 11.1 Å². The summed E-state index contributed by atoms with van der Waals surface area (Å²) in [5.74, 6) is 1.73. The van der Waals surface area contributed by atoms with Crippen molar-refractivity contribution in [3.63, 3.8) is 0 Å². The molecule has 0 aliphatic rings. The van der Waals surface area contributed by atoms with Crippen molar-refractivity contribution in [2.45, 2.75) is 20.4 Å². The standard InChI is InChI=1S/C17H17N3/c1-13-8-6-7-11-16(13)12-20-17(18-14(2)19-20)15-9-4-3-5-10-15/h3-11H,12H2,1-2H3. The van der Waals surface area contributed by atoms with Crippen LogP contribution < -0.4 is 0 Å². The highest BCUT2D eigenvalue weighted by molar-refractivity contribution is 5.55. The van der Waals surface area contributed by atoms with Gasteiger partial charge in [0.1, 0.15) is 5.82 Å². The average Bonchev–Trinajstić information content (AvgIpc) is 2.83. The first-order chi connectivity index (χ1) is 9.74. The maximum Gasteiger partial charge on any atom is 0.158 e. The zero-order valence-corrected chi connectivity index (χ0v) is 11.7. The van der Waals surface area contributed by atoms with E-state index in [0.717, 1.165) is 23.8 Å². The van der Waals surface area contributed by atoms with Crippen LogP contribution in [0.4, 0.5) is 0 Å². The van der Waals surface area contributed by atoms with Gasteiger partial charge in [-0.1, -0.05) is 54.6 Å². The van der Waals surface area contributed by atoms with Crippen LogP contribution in [-0.4, -0.2) is 14.8 Å². The Bertz CT molecular complexity index is 714. The van der Waals surface area contributed by atoms with Crippen LogP contribution in [-0.2, 0) is 6.54 Å². The van der Waals surface area contributed by atoms with E-state index in [0.29, 0.717) is 0 Å². The quantitative estimate of drug-likeness (QED) is 0.722. The largest absolute Gasteiger partial charge is 0.241 e. The minimum atomic E-state index is 0.748. The Kier molecular flexibility index (Phi) is 3.33. The van der Waals surface area contributed by atoms with Gasteiger partial charge in [-0.3, -0.25) is 0 Å². The maximum absolute atomic E-state index is 4.56. The third kappa shape index (κ3) is 2.48. The van der Waals surface area contributed by atoms with Crippen molar-refractivity contribution < 1.29 is 0 Å². The lowest BCUT2D eigenvalue weighted by Crippen LogP contribution is -2.05. The van der Waals surface area contributed by atoms with Crippen molar-refractivity contribution >= 4 is 0 Å². The summed E-state index contributed by atoms with van der Waals surface area (Å²) in [5.41, 5.74) is 3.65. The second-order valence-electron chi connectivity index (χ2n) is 4.93. The van der Waals surface area contributed by atoms with Gasteiger partial charge in [-0.05, 0) is 25.0 Å². The molecule has 0 fully saturated rings. The van der Waals surface area contributed by atoms with E-state index in [4.69, 9.17) is 0 Å². The molecule has 0 atom stereocenters. The smallest absolute Gasteiger partial charge is 0.158 e. The van der Waals surface area contributed by atoms with Crippen LogP contribution in [0.15, 0.2) is 54.6 Å². The van der Waals surface area contributed by atoms with Gasteiger partial charge < -0.3 is 0 Å². The summed E-state index contributed by atoms with van der Waals surface area (Å²) in [6.45, 7) is 4.81. The first kappa shape index (κ1) is 12.6. The Hall–Kier alpha value is -2.42. The molecule has 0 saturated carbocycles. The van der Waals surface area contributed by atoms with Gasteiger partial charge in [0.2, 0.25) is 0 Å². The molecule has 0 bridgehead atoms. The van der Waals surface area contributed by atoms with Gasteiger partial charge in [0.05, 0.1) is 6.54 Å². The lowest BCUT2D eigenvalue weighted by atomic mass is 10.1. The van der Waals surface area contributed by atoms with E-state index < -0.39 is 0 Å². The fraction of sp³-hybridized carbons (Fsp3) is 0.176. The molecule has 20 heavy (non-hydrogen) atoms. The number of aryl methyl sites for hydroxylation is 2. The molecule has 3 nitrogen and oxygen atoms in total. The molecule has 2 aromatic carbocycles. The van der Waals surface area contributed by atoms with Crippen molar-refractivity contribution in [3.8, 4) is 11.4 Å². The van der Waals surface area contributed by atoms with E-state index in [-0.39, 0.29) is 0 Å². The monoisotopic (exact) mass is 263 g/mol. The average molecular weight is 263 g/mol. The summed E-state index contributed by atoms with van der Waals surface area (Å²) >= 11 is 0. The third-order valence-corrected chi connectivity index (χ3v) is 3.39. The van der Waals surface area contributed by atoms with Crippen LogP contribution in [0, 0.1) is 13.8 Å². The zero-order valence-electron chi connectivity index (χ0n) is 11.7. The molecule has 0 N–H and O–H groups in total. The molecule has 0 saturated heterocycles. The number of benzene rings is 2. The summed E-state index contributed by atoms with van der Waals surface area (Å²) in [6.07, 6.45) is 0. The highest BCUT2D eigenvalue weighted by Gasteiger charge is 2.10. The van der Waals surface area contributed by atoms with Gasteiger partial charge in [0.15, 0.2) is 5.82 Å². The molecule has 0 spiro atoms. The number of hydrogen-bond donors (Lipinski definition) is 0. The van der Waals surface area contributed by atoms with E-state index in [1.807, 2.05) is 29.8 Å². The lowest BCUT2D eigenvalue weighted by Gasteiger charge is -2.08. The molecule has 3 rings (SSSR count). The lowest BCUT2D eigenvalue weighted by molar-refractivity contribution is 0.683. The van der Waals surface area contributed by atoms with Gasteiger partial charge >= 0.3 is 0 Å². The van der Waals surface area contributed by atoms with Crippen LogP contribution in [0.2, 0.25) is 0 Å². The van der Waals surface area contributed by atoms with Crippen molar-refractivity contribution in [2.75, 3.05) is 0 Å². The molecule has 1 heterocycles. The van der Waals surface area contributed by atoms with Crippen LogP contribution in [0.5, 0.6) is 0 Å². The first-order valence-corrected chi connectivity index (χ1v) is 6.75. The zero-order chi connectivity index (χ0) is 13.9. The topological polar surface area (TPSA) is 30.7 Å². The SMILES string of the molecule is Cc1nc(-c2ccccc2)n(Cc2ccccc2C)n1. The molecule has 0 unspecified atom stereocenters. The molecular formula is C17H17N3. The van der Waals surface area contributed by atoms with Crippen molar-refractivity contribution in [1.29, 1.82) is 0 Å².